The van der Waals surface area contributed by atoms with Gasteiger partial charge in [0.25, 0.3) is 0 Å². The van der Waals surface area contributed by atoms with Gasteiger partial charge < -0.3 is 19.6 Å². The van der Waals surface area contributed by atoms with Gasteiger partial charge in [-0.05, 0) is 6.42 Å². The molecule has 0 rings (SSSR count). The Morgan fingerprint density at radius 3 is 1.77 bits per heavy atom. The van der Waals surface area contributed by atoms with Crippen LogP contribution in [0.5, 0.6) is 0 Å². The Morgan fingerprint density at radius 1 is 0.933 bits per heavy atom. The van der Waals surface area contributed by atoms with Crippen molar-refractivity contribution in [3.8, 4) is 0 Å². The largest absolute Gasteiger partial charge is 0.806 e. The zero-order valence-corrected chi connectivity index (χ0v) is 20.3. The van der Waals surface area contributed by atoms with Crippen LogP contribution < -0.4 is 5.11 Å². The number of carbonyl (C=O) groups is 1. The number of quaternary nitrogens is 1. The number of carboxylic acids is 1. The average molecular weight is 454 g/mol. The maximum Gasteiger partial charge on any atom is 0.473 e. The average Bonchev–Trinajstić information content (AvgIpc) is 2.63. The summed E-state index contributed by atoms with van der Waals surface area (Å²) < 4.78 is 21.6. The summed E-state index contributed by atoms with van der Waals surface area (Å²) in [5.41, 5.74) is 0. The summed E-state index contributed by atoms with van der Waals surface area (Å²) in [6, 6.07) is 0. The fraction of sp³-hybridized carbons (Fsp3) is 0.952. The van der Waals surface area contributed by atoms with Crippen LogP contribution in [0.1, 0.15) is 90.4 Å². The lowest BCUT2D eigenvalue weighted by Gasteiger charge is -2.39. The molecule has 0 aliphatic carbocycles. The molecule has 0 aromatic heterocycles. The van der Waals surface area contributed by atoms with Gasteiger partial charge in [0, 0.05) is 12.6 Å². The number of phosphoric ester groups is 1. The number of nitrogens with zero attached hydrogens (tertiary/aromatic N) is 1. The van der Waals surface area contributed by atoms with E-state index < -0.39 is 32.5 Å². The molecule has 0 aromatic rings. The molecule has 0 heterocycles. The normalized spacial score (nSPS) is 16.2. The van der Waals surface area contributed by atoms with Gasteiger partial charge in [-0.3, -0.25) is 9.05 Å². The van der Waals surface area contributed by atoms with Crippen LogP contribution in [0.15, 0.2) is 0 Å². The Balaban J connectivity index is 3.90. The minimum absolute atomic E-state index is 0.0215. The Hall–Kier alpha value is -0.500. The molecule has 2 unspecified atom stereocenters. The smallest absolute Gasteiger partial charge is 0.473 e. The van der Waals surface area contributed by atoms with Crippen LogP contribution in [0.25, 0.3) is 0 Å². The summed E-state index contributed by atoms with van der Waals surface area (Å²) >= 11 is 0. The van der Waals surface area contributed by atoms with E-state index in [0.717, 1.165) is 19.3 Å². The molecule has 3 atom stereocenters. The molecule has 0 aliphatic heterocycles. The van der Waals surface area contributed by atoms with Crippen molar-refractivity contribution in [2.45, 2.75) is 103 Å². The van der Waals surface area contributed by atoms with Gasteiger partial charge in [-0.1, -0.05) is 77.6 Å². The van der Waals surface area contributed by atoms with Crippen molar-refractivity contribution < 1.29 is 38.0 Å². The van der Waals surface area contributed by atoms with E-state index in [-0.39, 0.29) is 11.1 Å². The summed E-state index contributed by atoms with van der Waals surface area (Å²) in [6.07, 6.45) is 10.6. The molecule has 0 fully saturated rings. The van der Waals surface area contributed by atoms with Gasteiger partial charge in [0.05, 0.1) is 27.7 Å². The van der Waals surface area contributed by atoms with Crippen molar-refractivity contribution in [2.75, 3.05) is 27.7 Å². The maximum atomic E-state index is 12.1. The molecule has 2 N–H and O–H groups in total. The fourth-order valence-electron chi connectivity index (χ4n) is 3.00. The van der Waals surface area contributed by atoms with Crippen molar-refractivity contribution in [3.63, 3.8) is 0 Å². The van der Waals surface area contributed by atoms with E-state index in [4.69, 9.17) is 9.05 Å². The van der Waals surface area contributed by atoms with Crippen LogP contribution >= 0.6 is 7.82 Å². The molecule has 0 saturated carbocycles. The van der Waals surface area contributed by atoms with Crippen molar-refractivity contribution in [1.29, 1.82) is 0 Å². The Morgan fingerprint density at radius 2 is 1.37 bits per heavy atom. The lowest BCUT2D eigenvalue weighted by Crippen LogP contribution is -2.55. The highest BCUT2D eigenvalue weighted by atomic mass is 31.2. The first kappa shape index (κ1) is 29.5. The molecular formula is C21H44NO7P. The molecule has 0 radical (unpaired) electrons. The highest BCUT2D eigenvalue weighted by Crippen LogP contribution is 2.45. The second kappa shape index (κ2) is 16.2. The minimum Gasteiger partial charge on any atom is -0.806 e. The maximum absolute atomic E-state index is 12.1. The Labute approximate surface area is 182 Å². The summed E-state index contributed by atoms with van der Waals surface area (Å²) in [6.45, 7) is 2.24. The number of phosphoric acid groups is 1. The van der Waals surface area contributed by atoms with Gasteiger partial charge in [-0.25, -0.2) is 9.36 Å². The van der Waals surface area contributed by atoms with Crippen LogP contribution in [0.2, 0.25) is 0 Å². The molecule has 0 bridgehead atoms. The van der Waals surface area contributed by atoms with E-state index in [1.165, 1.54) is 51.4 Å². The molecule has 0 spiro atoms. The van der Waals surface area contributed by atoms with Crippen LogP contribution in [-0.2, 0) is 18.4 Å². The second-order valence-corrected chi connectivity index (χ2v) is 10.3. The molecule has 180 valence electrons. The number of rotatable bonds is 20. The summed E-state index contributed by atoms with van der Waals surface area (Å²) in [5.74, 6) is -1.45. The third kappa shape index (κ3) is 16.2. The van der Waals surface area contributed by atoms with Gasteiger partial charge >= 0.3 is 13.8 Å². The van der Waals surface area contributed by atoms with Crippen LogP contribution in [0.3, 0.4) is 0 Å². The van der Waals surface area contributed by atoms with Crippen LogP contribution in [-0.4, -0.2) is 60.5 Å². The lowest BCUT2D eigenvalue weighted by atomic mass is 10.1. The zero-order valence-electron chi connectivity index (χ0n) is 19.4. The van der Waals surface area contributed by atoms with Crippen molar-refractivity contribution in [2.24, 2.45) is 0 Å². The molecular weight excluding hydrogens is 409 g/mol. The lowest BCUT2D eigenvalue weighted by molar-refractivity contribution is -0.970. The molecule has 0 aliphatic rings. The van der Waals surface area contributed by atoms with Crippen molar-refractivity contribution in [1.82, 2.24) is 0 Å². The summed E-state index contributed by atoms with van der Waals surface area (Å²) in [4.78, 5) is 21.0. The Bertz CT molecular complexity index is 496. The topological polar surface area (TPSA) is 116 Å². The molecule has 0 aromatic carbocycles. The van der Waals surface area contributed by atoms with E-state index in [9.17, 15) is 24.5 Å². The first-order chi connectivity index (χ1) is 14.0. The van der Waals surface area contributed by atoms with E-state index in [1.54, 1.807) is 21.1 Å². The van der Waals surface area contributed by atoms with E-state index >= 15 is 0 Å². The van der Waals surface area contributed by atoms with Crippen LogP contribution in [0.4, 0.5) is 0 Å². The molecule has 30 heavy (non-hydrogen) atoms. The highest BCUT2D eigenvalue weighted by molar-refractivity contribution is 7.47. The highest BCUT2D eigenvalue weighted by Gasteiger charge is 2.33. The second-order valence-electron chi connectivity index (χ2n) is 8.93. The number of hydrogen-bond donors (Lipinski definition) is 2. The zero-order chi connectivity index (χ0) is 23.0. The predicted octanol–water partition coefficient (Wildman–Crippen LogP) is 4.06. The van der Waals surface area contributed by atoms with Gasteiger partial charge in [-0.2, -0.15) is 0 Å². The van der Waals surface area contributed by atoms with E-state index in [1.807, 2.05) is 0 Å². The third-order valence-electron chi connectivity index (χ3n) is 5.07. The van der Waals surface area contributed by atoms with Gasteiger partial charge in [0.2, 0.25) is 0 Å². The molecule has 9 heteroatoms. The first-order valence-electron chi connectivity index (χ1n) is 11.3. The minimum atomic E-state index is -4.52. The molecule has 0 amide bonds. The number of hydrogen-bond acceptors (Lipinski definition) is 5. The summed E-state index contributed by atoms with van der Waals surface area (Å²) in [7, 11) is 0.353. The number of carboxylic acid groups (broad SMARTS) is 1. The van der Waals surface area contributed by atoms with Crippen molar-refractivity contribution >= 4 is 13.8 Å². The van der Waals surface area contributed by atoms with E-state index in [2.05, 4.69) is 6.92 Å². The quantitative estimate of drug-likeness (QED) is 0.124. The first-order valence-corrected chi connectivity index (χ1v) is 12.8. The summed E-state index contributed by atoms with van der Waals surface area (Å²) in [5, 5.41) is 21.2. The Kier molecular flexibility index (Phi) is 15.9. The van der Waals surface area contributed by atoms with Gasteiger partial charge in [0.1, 0.15) is 0 Å². The van der Waals surface area contributed by atoms with Crippen molar-refractivity contribution in [3.05, 3.63) is 0 Å². The standard InChI is InChI=1S/C21H44NO7P/c1-5-6-7-8-9-10-11-12-13-14-15-16-17-28-30(26,27)29-19(21(24)25)18-20(23)22(2,3)4/h19-20H,5-18H2,1-4H3,(H,24,25)(H,26,27)/t19-,20?/m1/s1. The third-order valence-corrected chi connectivity index (χ3v) is 6.10. The van der Waals surface area contributed by atoms with Crippen LogP contribution in [0, 0.1) is 0 Å². The van der Waals surface area contributed by atoms with Gasteiger partial charge in [-0.15, -0.1) is 0 Å². The predicted molar refractivity (Wildman–Crippen MR) is 116 cm³/mol. The monoisotopic (exact) mass is 453 g/mol. The van der Waals surface area contributed by atoms with E-state index in [0.29, 0.717) is 6.42 Å². The fourth-order valence-corrected chi connectivity index (χ4v) is 3.92. The SMILES string of the molecule is CCCCCCCCCCCCCCOP(=O)(O)O[C@H](CC([O-])[N+](C)(C)C)C(=O)O. The number of unbranched alkanes of at least 4 members (excludes halogenated alkanes) is 11. The molecule has 0 saturated heterocycles. The number of aliphatic carboxylic acids is 1. The van der Waals surface area contributed by atoms with Gasteiger partial charge in [0.15, 0.2) is 6.10 Å². The molecule has 8 nitrogen and oxygen atoms in total.